The molecule has 2 heterocycles. The number of aryl methyl sites for hydroxylation is 2. The van der Waals surface area contributed by atoms with Crippen LogP contribution in [0.4, 0.5) is 9.18 Å². The second kappa shape index (κ2) is 6.19. The normalized spacial score (nSPS) is 13.7. The van der Waals surface area contributed by atoms with Crippen molar-refractivity contribution < 1.29 is 19.0 Å². The fraction of sp³-hybridized carbons (Fsp3) is 0.250. The maximum atomic E-state index is 14.9. The summed E-state index contributed by atoms with van der Waals surface area (Å²) in [6, 6.07) is 6.52. The number of carbonyl (C=O) groups is 1. The van der Waals surface area contributed by atoms with Gasteiger partial charge in [0.1, 0.15) is 5.82 Å². The largest absolute Gasteiger partial charge is 0.511 e. The molecule has 2 aromatic heterocycles. The molecule has 0 spiro atoms. The number of benzene rings is 1. The van der Waals surface area contributed by atoms with Crippen LogP contribution in [0, 0.1) is 19.7 Å². The molecule has 6 nitrogen and oxygen atoms in total. The van der Waals surface area contributed by atoms with Gasteiger partial charge in [0.05, 0.1) is 17.1 Å². The number of ether oxygens (including phenoxy) is 1. The zero-order valence-electron chi connectivity index (χ0n) is 14.8. The first-order valence-electron chi connectivity index (χ1n) is 8.58. The fourth-order valence-electron chi connectivity index (χ4n) is 3.38. The Morgan fingerprint density at radius 2 is 1.89 bits per heavy atom. The standard InChI is InChI=1S/C20H17FN2O4/c1-10-5-12(6-11(2)22-10)14-8-17-15(7-16(14)21)19(24)18(27-20(25)26)9-23(17)13-3-4-13/h5-9,13H,3-4H2,1-2H3,(H,25,26). The van der Waals surface area contributed by atoms with E-state index in [9.17, 15) is 14.0 Å². The average Bonchev–Trinajstić information content (AvgIpc) is 3.41. The minimum atomic E-state index is -1.58. The van der Waals surface area contributed by atoms with Crippen LogP contribution < -0.4 is 10.2 Å². The Morgan fingerprint density at radius 1 is 1.22 bits per heavy atom. The van der Waals surface area contributed by atoms with Gasteiger partial charge in [-0.2, -0.15) is 0 Å². The van der Waals surface area contributed by atoms with Gasteiger partial charge in [0.25, 0.3) is 0 Å². The van der Waals surface area contributed by atoms with Gasteiger partial charge in [-0.3, -0.25) is 9.78 Å². The van der Waals surface area contributed by atoms with E-state index in [2.05, 4.69) is 9.72 Å². The SMILES string of the molecule is Cc1cc(-c2cc3c(cc2F)c(=O)c(OC(=O)O)cn3C2CC2)cc(C)n1. The molecular formula is C20H17FN2O4. The first-order chi connectivity index (χ1) is 12.8. The van der Waals surface area contributed by atoms with Gasteiger partial charge in [0, 0.05) is 23.0 Å². The molecule has 0 aliphatic heterocycles. The molecule has 1 saturated carbocycles. The van der Waals surface area contributed by atoms with Crippen LogP contribution in [0.1, 0.15) is 30.3 Å². The van der Waals surface area contributed by atoms with Crippen molar-refractivity contribution in [3.8, 4) is 16.9 Å². The molecule has 0 unspecified atom stereocenters. The summed E-state index contributed by atoms with van der Waals surface area (Å²) in [5, 5.41) is 8.96. The van der Waals surface area contributed by atoms with Crippen LogP contribution in [0.15, 0.2) is 35.3 Å². The summed E-state index contributed by atoms with van der Waals surface area (Å²) in [6.45, 7) is 3.68. The maximum absolute atomic E-state index is 14.9. The Hall–Kier alpha value is -3.22. The molecular weight excluding hydrogens is 351 g/mol. The lowest BCUT2D eigenvalue weighted by molar-refractivity contribution is 0.143. The fourth-order valence-corrected chi connectivity index (χ4v) is 3.38. The molecule has 7 heteroatoms. The van der Waals surface area contributed by atoms with Gasteiger partial charge < -0.3 is 14.4 Å². The quantitative estimate of drug-likeness (QED) is 0.701. The maximum Gasteiger partial charge on any atom is 0.511 e. The van der Waals surface area contributed by atoms with Crippen LogP contribution in [0.3, 0.4) is 0 Å². The molecule has 1 aliphatic rings. The van der Waals surface area contributed by atoms with Crippen molar-refractivity contribution >= 4 is 17.1 Å². The number of aromatic nitrogens is 2. The molecule has 3 aromatic rings. The van der Waals surface area contributed by atoms with Crippen molar-refractivity contribution in [3.63, 3.8) is 0 Å². The summed E-state index contributed by atoms with van der Waals surface area (Å²) in [6.07, 6.45) is 1.64. The summed E-state index contributed by atoms with van der Waals surface area (Å²) in [4.78, 5) is 27.8. The van der Waals surface area contributed by atoms with E-state index in [1.54, 1.807) is 22.8 Å². The van der Waals surface area contributed by atoms with Crippen molar-refractivity contribution in [2.24, 2.45) is 0 Å². The lowest BCUT2D eigenvalue weighted by atomic mass is 10.0. The predicted molar refractivity (Wildman–Crippen MR) is 97.8 cm³/mol. The topological polar surface area (TPSA) is 81.4 Å². The van der Waals surface area contributed by atoms with E-state index in [-0.39, 0.29) is 17.2 Å². The first-order valence-corrected chi connectivity index (χ1v) is 8.58. The third kappa shape index (κ3) is 3.16. The highest BCUT2D eigenvalue weighted by Crippen LogP contribution is 2.39. The average molecular weight is 368 g/mol. The van der Waals surface area contributed by atoms with Crippen molar-refractivity contribution in [2.75, 3.05) is 0 Å². The summed E-state index contributed by atoms with van der Waals surface area (Å²) >= 11 is 0. The first kappa shape index (κ1) is 17.2. The number of hydrogen-bond donors (Lipinski definition) is 1. The molecule has 27 heavy (non-hydrogen) atoms. The molecule has 1 aliphatic carbocycles. The minimum absolute atomic E-state index is 0.101. The molecule has 1 fully saturated rings. The molecule has 1 aromatic carbocycles. The van der Waals surface area contributed by atoms with E-state index in [1.807, 2.05) is 13.8 Å². The van der Waals surface area contributed by atoms with Crippen molar-refractivity contribution in [1.82, 2.24) is 9.55 Å². The van der Waals surface area contributed by atoms with Crippen LogP contribution in [0.5, 0.6) is 5.75 Å². The van der Waals surface area contributed by atoms with E-state index in [0.29, 0.717) is 16.6 Å². The number of fused-ring (bicyclic) bond motifs is 1. The third-order valence-corrected chi connectivity index (χ3v) is 4.62. The minimum Gasteiger partial charge on any atom is -0.449 e. The number of hydrogen-bond acceptors (Lipinski definition) is 4. The summed E-state index contributed by atoms with van der Waals surface area (Å²) in [5.74, 6) is -0.871. The van der Waals surface area contributed by atoms with Crippen LogP contribution in [0.2, 0.25) is 0 Å². The highest BCUT2D eigenvalue weighted by atomic mass is 19.1. The van der Waals surface area contributed by atoms with E-state index < -0.39 is 17.4 Å². The van der Waals surface area contributed by atoms with Crippen LogP contribution in [0.25, 0.3) is 22.0 Å². The number of halogens is 1. The summed E-state index contributed by atoms with van der Waals surface area (Å²) < 4.78 is 21.3. The zero-order valence-corrected chi connectivity index (χ0v) is 14.8. The molecule has 0 atom stereocenters. The van der Waals surface area contributed by atoms with Gasteiger partial charge in [-0.05, 0) is 56.5 Å². The Balaban J connectivity index is 2.00. The molecule has 1 N–H and O–H groups in total. The Morgan fingerprint density at radius 3 is 2.48 bits per heavy atom. The van der Waals surface area contributed by atoms with Crippen molar-refractivity contribution in [3.05, 3.63) is 57.9 Å². The second-order valence-electron chi connectivity index (χ2n) is 6.82. The number of rotatable bonds is 3. The van der Waals surface area contributed by atoms with Gasteiger partial charge >= 0.3 is 6.16 Å². The molecule has 4 rings (SSSR count). The molecule has 0 bridgehead atoms. The molecule has 0 amide bonds. The van der Waals surface area contributed by atoms with Gasteiger partial charge in [0.2, 0.25) is 5.43 Å². The van der Waals surface area contributed by atoms with Crippen molar-refractivity contribution in [1.29, 1.82) is 0 Å². The Labute approximate surface area is 153 Å². The molecule has 0 radical (unpaired) electrons. The Bertz CT molecular complexity index is 1130. The molecule has 138 valence electrons. The summed E-state index contributed by atoms with van der Waals surface area (Å²) in [7, 11) is 0. The van der Waals surface area contributed by atoms with Gasteiger partial charge in [0.15, 0.2) is 5.75 Å². The lowest BCUT2D eigenvalue weighted by Crippen LogP contribution is -2.16. The van der Waals surface area contributed by atoms with E-state index in [4.69, 9.17) is 5.11 Å². The van der Waals surface area contributed by atoms with E-state index in [1.165, 1.54) is 6.20 Å². The smallest absolute Gasteiger partial charge is 0.449 e. The highest BCUT2D eigenvalue weighted by molar-refractivity contribution is 5.86. The van der Waals surface area contributed by atoms with Crippen LogP contribution >= 0.6 is 0 Å². The van der Waals surface area contributed by atoms with Gasteiger partial charge in [-0.25, -0.2) is 9.18 Å². The van der Waals surface area contributed by atoms with E-state index >= 15 is 0 Å². The van der Waals surface area contributed by atoms with E-state index in [0.717, 1.165) is 30.3 Å². The lowest BCUT2D eigenvalue weighted by Gasteiger charge is -2.14. The van der Waals surface area contributed by atoms with Gasteiger partial charge in [-0.1, -0.05) is 0 Å². The second-order valence-corrected chi connectivity index (χ2v) is 6.82. The van der Waals surface area contributed by atoms with Crippen molar-refractivity contribution in [2.45, 2.75) is 32.7 Å². The summed E-state index contributed by atoms with van der Waals surface area (Å²) in [5.41, 5.74) is 2.51. The molecule has 0 saturated heterocycles. The van der Waals surface area contributed by atoms with Crippen LogP contribution in [-0.4, -0.2) is 20.8 Å². The zero-order chi connectivity index (χ0) is 19.3. The predicted octanol–water partition coefficient (Wildman–Crippen LogP) is 4.21. The number of nitrogens with zero attached hydrogens (tertiary/aromatic N) is 2. The monoisotopic (exact) mass is 368 g/mol. The van der Waals surface area contributed by atoms with Gasteiger partial charge in [-0.15, -0.1) is 0 Å². The third-order valence-electron chi connectivity index (χ3n) is 4.62. The van der Waals surface area contributed by atoms with Crippen LogP contribution in [-0.2, 0) is 0 Å². The number of carboxylic acid groups (broad SMARTS) is 1. The number of pyridine rings is 2. The highest BCUT2D eigenvalue weighted by Gasteiger charge is 2.27. The Kier molecular flexibility index (Phi) is 3.95.